The molecule has 0 aliphatic carbocycles. The second kappa shape index (κ2) is 5.54. The van der Waals surface area contributed by atoms with Crippen LogP contribution in [0.4, 0.5) is 0 Å². The van der Waals surface area contributed by atoms with Crippen molar-refractivity contribution in [3.8, 4) is 5.75 Å². The van der Waals surface area contributed by atoms with E-state index in [1.54, 1.807) is 7.11 Å². The molecule has 3 nitrogen and oxygen atoms in total. The number of carbonyl (C=O) groups excluding carboxylic acids is 1. The topological polar surface area (TPSA) is 35.5 Å². The molecule has 1 unspecified atom stereocenters. The van der Waals surface area contributed by atoms with Crippen LogP contribution in [0.15, 0.2) is 18.2 Å². The standard InChI is InChI=1S/C13H18O3/c1-9-5-6-12(15-3)11(7-9)10(2)8-13(14)16-4/h5-7,10H,8H2,1-4H3. The number of benzene rings is 1. The van der Waals surface area contributed by atoms with Crippen LogP contribution in [-0.4, -0.2) is 20.2 Å². The van der Waals surface area contributed by atoms with Gasteiger partial charge in [0.2, 0.25) is 0 Å². The fraction of sp³-hybridized carbons (Fsp3) is 0.462. The Labute approximate surface area is 96.4 Å². The molecule has 0 aliphatic rings. The summed E-state index contributed by atoms with van der Waals surface area (Å²) >= 11 is 0. The molecule has 0 saturated heterocycles. The number of carbonyl (C=O) groups is 1. The van der Waals surface area contributed by atoms with Crippen molar-refractivity contribution in [2.24, 2.45) is 0 Å². The Morgan fingerprint density at radius 2 is 2.06 bits per heavy atom. The summed E-state index contributed by atoms with van der Waals surface area (Å²) in [7, 11) is 3.04. The maximum absolute atomic E-state index is 11.2. The summed E-state index contributed by atoms with van der Waals surface area (Å²) in [5.41, 5.74) is 2.21. The molecule has 0 radical (unpaired) electrons. The van der Waals surface area contributed by atoms with Crippen molar-refractivity contribution in [1.29, 1.82) is 0 Å². The third-order valence-electron chi connectivity index (χ3n) is 2.62. The van der Waals surface area contributed by atoms with Gasteiger partial charge in [-0.1, -0.05) is 24.6 Å². The Balaban J connectivity index is 2.92. The monoisotopic (exact) mass is 222 g/mol. The van der Waals surface area contributed by atoms with E-state index in [1.165, 1.54) is 7.11 Å². The van der Waals surface area contributed by atoms with Crippen LogP contribution in [0.3, 0.4) is 0 Å². The Morgan fingerprint density at radius 3 is 2.62 bits per heavy atom. The van der Waals surface area contributed by atoms with Crippen LogP contribution in [0.5, 0.6) is 5.75 Å². The normalized spacial score (nSPS) is 12.0. The molecule has 0 spiro atoms. The predicted octanol–water partition coefficient (Wildman–Crippen LogP) is 2.67. The molecule has 0 aliphatic heterocycles. The molecular weight excluding hydrogens is 204 g/mol. The summed E-state index contributed by atoms with van der Waals surface area (Å²) in [5, 5.41) is 0. The maximum Gasteiger partial charge on any atom is 0.306 e. The number of hydrogen-bond acceptors (Lipinski definition) is 3. The minimum absolute atomic E-state index is 0.0994. The first-order chi connectivity index (χ1) is 7.58. The highest BCUT2D eigenvalue weighted by Gasteiger charge is 2.15. The van der Waals surface area contributed by atoms with Crippen LogP contribution >= 0.6 is 0 Å². The summed E-state index contributed by atoms with van der Waals surface area (Å²) in [4.78, 5) is 11.2. The number of aryl methyl sites for hydroxylation is 1. The molecule has 1 aromatic rings. The Kier molecular flexibility index (Phi) is 4.35. The van der Waals surface area contributed by atoms with Gasteiger partial charge in [-0.3, -0.25) is 4.79 Å². The second-order valence-electron chi connectivity index (χ2n) is 3.93. The number of esters is 1. The van der Waals surface area contributed by atoms with E-state index in [0.29, 0.717) is 6.42 Å². The largest absolute Gasteiger partial charge is 0.496 e. The zero-order valence-corrected chi connectivity index (χ0v) is 10.2. The Hall–Kier alpha value is -1.51. The van der Waals surface area contributed by atoms with Crippen molar-refractivity contribution >= 4 is 5.97 Å². The first kappa shape index (κ1) is 12.6. The van der Waals surface area contributed by atoms with Gasteiger partial charge in [0.15, 0.2) is 0 Å². The predicted molar refractivity (Wildman–Crippen MR) is 62.8 cm³/mol. The van der Waals surface area contributed by atoms with Gasteiger partial charge in [-0.25, -0.2) is 0 Å². The molecule has 0 saturated carbocycles. The minimum Gasteiger partial charge on any atom is -0.496 e. The van der Waals surface area contributed by atoms with Crippen molar-refractivity contribution in [2.45, 2.75) is 26.2 Å². The fourth-order valence-electron chi connectivity index (χ4n) is 1.68. The molecule has 0 heterocycles. The van der Waals surface area contributed by atoms with Crippen molar-refractivity contribution in [3.05, 3.63) is 29.3 Å². The average molecular weight is 222 g/mol. The van der Waals surface area contributed by atoms with E-state index in [-0.39, 0.29) is 11.9 Å². The van der Waals surface area contributed by atoms with Crippen LogP contribution in [0, 0.1) is 6.92 Å². The van der Waals surface area contributed by atoms with Crippen LogP contribution in [-0.2, 0) is 9.53 Å². The zero-order chi connectivity index (χ0) is 12.1. The quantitative estimate of drug-likeness (QED) is 0.735. The first-order valence-electron chi connectivity index (χ1n) is 5.29. The van der Waals surface area contributed by atoms with E-state index in [4.69, 9.17) is 4.74 Å². The average Bonchev–Trinajstić information content (AvgIpc) is 2.28. The number of hydrogen-bond donors (Lipinski definition) is 0. The lowest BCUT2D eigenvalue weighted by atomic mass is 9.95. The lowest BCUT2D eigenvalue weighted by Crippen LogP contribution is -2.07. The highest BCUT2D eigenvalue weighted by Crippen LogP contribution is 2.29. The van der Waals surface area contributed by atoms with Crippen LogP contribution in [0.1, 0.15) is 30.4 Å². The van der Waals surface area contributed by atoms with Gasteiger partial charge in [-0.2, -0.15) is 0 Å². The molecule has 1 aromatic carbocycles. The Bertz CT molecular complexity index is 371. The van der Waals surface area contributed by atoms with Crippen LogP contribution in [0.2, 0.25) is 0 Å². The molecule has 1 rings (SSSR count). The van der Waals surface area contributed by atoms with Gasteiger partial charge in [0.1, 0.15) is 5.75 Å². The lowest BCUT2D eigenvalue weighted by molar-refractivity contribution is -0.140. The van der Waals surface area contributed by atoms with Crippen LogP contribution < -0.4 is 4.74 Å². The van der Waals surface area contributed by atoms with Gasteiger partial charge >= 0.3 is 5.97 Å². The van der Waals surface area contributed by atoms with Gasteiger partial charge in [-0.15, -0.1) is 0 Å². The first-order valence-corrected chi connectivity index (χ1v) is 5.29. The molecule has 0 bridgehead atoms. The minimum atomic E-state index is -0.198. The van der Waals surface area contributed by atoms with Gasteiger partial charge in [0.25, 0.3) is 0 Å². The summed E-state index contributed by atoms with van der Waals surface area (Å²) in [6, 6.07) is 5.97. The molecule has 16 heavy (non-hydrogen) atoms. The molecule has 0 fully saturated rings. The molecular formula is C13H18O3. The molecule has 1 atom stereocenters. The van der Waals surface area contributed by atoms with E-state index in [0.717, 1.165) is 16.9 Å². The van der Waals surface area contributed by atoms with E-state index in [9.17, 15) is 4.79 Å². The molecule has 0 N–H and O–H groups in total. The van der Waals surface area contributed by atoms with Crippen LogP contribution in [0.25, 0.3) is 0 Å². The van der Waals surface area contributed by atoms with Crippen molar-refractivity contribution in [2.75, 3.05) is 14.2 Å². The zero-order valence-electron chi connectivity index (χ0n) is 10.2. The SMILES string of the molecule is COC(=O)CC(C)c1cc(C)ccc1OC. The smallest absolute Gasteiger partial charge is 0.306 e. The van der Waals surface area contributed by atoms with Crippen molar-refractivity contribution < 1.29 is 14.3 Å². The molecule has 0 amide bonds. The summed E-state index contributed by atoms with van der Waals surface area (Å²) in [6.45, 7) is 4.02. The van der Waals surface area contributed by atoms with Crippen molar-refractivity contribution in [1.82, 2.24) is 0 Å². The number of ether oxygens (including phenoxy) is 2. The second-order valence-corrected chi connectivity index (χ2v) is 3.93. The Morgan fingerprint density at radius 1 is 1.38 bits per heavy atom. The molecule has 88 valence electrons. The molecule has 3 heteroatoms. The van der Waals surface area contributed by atoms with Gasteiger partial charge < -0.3 is 9.47 Å². The van der Waals surface area contributed by atoms with E-state index < -0.39 is 0 Å². The highest BCUT2D eigenvalue weighted by atomic mass is 16.5. The number of rotatable bonds is 4. The summed E-state index contributed by atoms with van der Waals surface area (Å²) in [5.74, 6) is 0.723. The van der Waals surface area contributed by atoms with E-state index in [2.05, 4.69) is 4.74 Å². The maximum atomic E-state index is 11.2. The molecule has 0 aromatic heterocycles. The van der Waals surface area contributed by atoms with Crippen molar-refractivity contribution in [3.63, 3.8) is 0 Å². The number of methoxy groups -OCH3 is 2. The van der Waals surface area contributed by atoms with E-state index >= 15 is 0 Å². The van der Waals surface area contributed by atoms with Gasteiger partial charge in [0, 0.05) is 0 Å². The third kappa shape index (κ3) is 2.99. The summed E-state index contributed by atoms with van der Waals surface area (Å²) < 4.78 is 9.95. The lowest BCUT2D eigenvalue weighted by Gasteiger charge is -2.15. The van der Waals surface area contributed by atoms with Gasteiger partial charge in [-0.05, 0) is 24.5 Å². The third-order valence-corrected chi connectivity index (χ3v) is 2.62. The summed E-state index contributed by atoms with van der Waals surface area (Å²) in [6.07, 6.45) is 0.371. The van der Waals surface area contributed by atoms with Gasteiger partial charge in [0.05, 0.1) is 20.6 Å². The highest BCUT2D eigenvalue weighted by molar-refractivity contribution is 5.70. The fourth-order valence-corrected chi connectivity index (χ4v) is 1.68. The van der Waals surface area contributed by atoms with E-state index in [1.807, 2.05) is 32.0 Å².